The van der Waals surface area contributed by atoms with Crippen molar-refractivity contribution in [1.29, 1.82) is 0 Å². The smallest absolute Gasteiger partial charge is 0.253 e. The van der Waals surface area contributed by atoms with E-state index in [1.165, 1.54) is 24.2 Å². The molecule has 3 rings (SSSR count). The number of pyridine rings is 1. The third-order valence-corrected chi connectivity index (χ3v) is 5.24. The summed E-state index contributed by atoms with van der Waals surface area (Å²) in [7, 11) is 0. The van der Waals surface area contributed by atoms with Gasteiger partial charge in [0.2, 0.25) is 11.6 Å². The summed E-state index contributed by atoms with van der Waals surface area (Å²) in [5.41, 5.74) is -0.614. The normalized spacial score (nSPS) is 26.0. The highest BCUT2D eigenvalue weighted by molar-refractivity contribution is 5.49. The number of aromatic nitrogens is 1. The van der Waals surface area contributed by atoms with E-state index in [-0.39, 0.29) is 5.92 Å². The summed E-state index contributed by atoms with van der Waals surface area (Å²) >= 11 is 0. The number of likely N-dealkylation sites (tertiary alicyclic amines) is 1. The molecule has 2 atom stereocenters. The van der Waals surface area contributed by atoms with Crippen LogP contribution in [0.1, 0.15) is 39.0 Å². The minimum absolute atomic E-state index is 0.234. The van der Waals surface area contributed by atoms with Crippen molar-refractivity contribution in [2.24, 2.45) is 5.92 Å². The number of rotatable bonds is 3. The summed E-state index contributed by atoms with van der Waals surface area (Å²) in [5, 5.41) is 0. The molecule has 0 bridgehead atoms. The van der Waals surface area contributed by atoms with Crippen molar-refractivity contribution in [3.05, 3.63) is 23.5 Å². The molecule has 1 aromatic heterocycles. The summed E-state index contributed by atoms with van der Waals surface area (Å²) < 4.78 is 54.7. The molecule has 2 aliphatic heterocycles. The zero-order valence-corrected chi connectivity index (χ0v) is 13.9. The van der Waals surface area contributed by atoms with Gasteiger partial charge in [0.15, 0.2) is 0 Å². The van der Waals surface area contributed by atoms with Crippen molar-refractivity contribution in [2.45, 2.75) is 45.1 Å². The minimum Gasteiger partial charge on any atom is -0.366 e. The largest absolute Gasteiger partial charge is 0.366 e. The van der Waals surface area contributed by atoms with Gasteiger partial charge in [-0.2, -0.15) is 22.5 Å². The lowest BCUT2D eigenvalue weighted by molar-refractivity contribution is 0.130. The summed E-state index contributed by atoms with van der Waals surface area (Å²) in [6, 6.07) is 0.512. The zero-order valence-electron chi connectivity index (χ0n) is 13.9. The Hall–Kier alpha value is -1.37. The van der Waals surface area contributed by atoms with Crippen molar-refractivity contribution in [2.75, 3.05) is 31.1 Å². The molecule has 0 amide bonds. The Morgan fingerprint density at radius 1 is 0.958 bits per heavy atom. The lowest BCUT2D eigenvalue weighted by Crippen LogP contribution is -2.45. The highest BCUT2D eigenvalue weighted by Crippen LogP contribution is 2.31. The summed E-state index contributed by atoms with van der Waals surface area (Å²) in [4.78, 5) is 6.48. The Morgan fingerprint density at radius 2 is 1.67 bits per heavy atom. The van der Waals surface area contributed by atoms with E-state index in [1.807, 2.05) is 0 Å². The number of halogens is 4. The van der Waals surface area contributed by atoms with Crippen molar-refractivity contribution in [1.82, 2.24) is 9.88 Å². The first-order chi connectivity index (χ1) is 11.5. The van der Waals surface area contributed by atoms with E-state index in [0.717, 1.165) is 25.9 Å². The molecule has 134 valence electrons. The fourth-order valence-electron chi connectivity index (χ4n) is 3.93. The lowest BCUT2D eigenvalue weighted by Gasteiger charge is -2.40. The molecule has 0 aromatic carbocycles. The van der Waals surface area contributed by atoms with E-state index in [4.69, 9.17) is 0 Å². The van der Waals surface area contributed by atoms with Gasteiger partial charge in [0, 0.05) is 25.7 Å². The van der Waals surface area contributed by atoms with Gasteiger partial charge >= 0.3 is 0 Å². The van der Waals surface area contributed by atoms with Gasteiger partial charge in [-0.25, -0.2) is 0 Å². The van der Waals surface area contributed by atoms with E-state index in [1.54, 1.807) is 0 Å². The van der Waals surface area contributed by atoms with Crippen LogP contribution >= 0.6 is 0 Å². The molecular formula is C17H23F4N3. The SMILES string of the molecule is CC1CCCCN1CC1CCCN(c2c(F)c(F)nc(F)c2F)C1. The predicted molar refractivity (Wildman–Crippen MR) is 83.9 cm³/mol. The number of hydrogen-bond acceptors (Lipinski definition) is 3. The summed E-state index contributed by atoms with van der Waals surface area (Å²) in [6.45, 7) is 4.89. The molecule has 2 unspecified atom stereocenters. The van der Waals surface area contributed by atoms with Crippen LogP contribution in [0.3, 0.4) is 0 Å². The molecule has 0 N–H and O–H groups in total. The van der Waals surface area contributed by atoms with Gasteiger partial charge in [0.1, 0.15) is 5.69 Å². The van der Waals surface area contributed by atoms with Gasteiger partial charge in [-0.05, 0) is 45.1 Å². The van der Waals surface area contributed by atoms with Gasteiger partial charge in [-0.1, -0.05) is 6.42 Å². The molecule has 3 heterocycles. The molecule has 7 heteroatoms. The average molecular weight is 345 g/mol. The Labute approximate surface area is 139 Å². The van der Waals surface area contributed by atoms with Crippen molar-refractivity contribution >= 4 is 5.69 Å². The second kappa shape index (κ2) is 7.25. The Kier molecular flexibility index (Phi) is 5.27. The van der Waals surface area contributed by atoms with Crippen molar-refractivity contribution < 1.29 is 17.6 Å². The number of piperidine rings is 2. The van der Waals surface area contributed by atoms with Crippen LogP contribution in [0, 0.1) is 29.4 Å². The summed E-state index contributed by atoms with van der Waals surface area (Å²) in [6.07, 6.45) is 5.28. The Balaban J connectivity index is 1.74. The third kappa shape index (κ3) is 3.50. The second-order valence-electron chi connectivity index (χ2n) is 6.96. The fourth-order valence-corrected chi connectivity index (χ4v) is 3.93. The van der Waals surface area contributed by atoms with Crippen LogP contribution < -0.4 is 4.90 Å². The van der Waals surface area contributed by atoms with Gasteiger partial charge < -0.3 is 9.80 Å². The maximum Gasteiger partial charge on any atom is 0.253 e. The molecule has 1 aromatic rings. The minimum atomic E-state index is -1.59. The molecule has 2 fully saturated rings. The monoisotopic (exact) mass is 345 g/mol. The van der Waals surface area contributed by atoms with Crippen LogP contribution in [0.2, 0.25) is 0 Å². The van der Waals surface area contributed by atoms with Crippen LogP contribution in [-0.2, 0) is 0 Å². The number of nitrogens with zero attached hydrogens (tertiary/aromatic N) is 3. The Morgan fingerprint density at radius 3 is 2.33 bits per heavy atom. The summed E-state index contributed by atoms with van der Waals surface area (Å²) in [5.74, 6) is -5.74. The van der Waals surface area contributed by atoms with Crippen molar-refractivity contribution in [3.63, 3.8) is 0 Å². The molecule has 3 nitrogen and oxygen atoms in total. The van der Waals surface area contributed by atoms with Crippen LogP contribution in [0.15, 0.2) is 0 Å². The fraction of sp³-hybridized carbons (Fsp3) is 0.706. The first-order valence-corrected chi connectivity index (χ1v) is 8.66. The predicted octanol–water partition coefficient (Wildman–Crippen LogP) is 3.73. The van der Waals surface area contributed by atoms with E-state index < -0.39 is 29.2 Å². The van der Waals surface area contributed by atoms with E-state index in [0.29, 0.717) is 19.1 Å². The first kappa shape index (κ1) is 17.5. The van der Waals surface area contributed by atoms with Crippen LogP contribution in [0.4, 0.5) is 23.2 Å². The van der Waals surface area contributed by atoms with Crippen LogP contribution in [0.25, 0.3) is 0 Å². The van der Waals surface area contributed by atoms with Gasteiger partial charge in [-0.3, -0.25) is 0 Å². The maximum atomic E-state index is 14.0. The van der Waals surface area contributed by atoms with Gasteiger partial charge in [0.25, 0.3) is 11.9 Å². The quantitative estimate of drug-likeness (QED) is 0.615. The average Bonchev–Trinajstić information content (AvgIpc) is 2.56. The zero-order chi connectivity index (χ0) is 17.3. The standard InChI is InChI=1S/C17H23F4N3/c1-11-5-2-3-7-23(11)9-12-6-4-8-24(10-12)15-13(18)16(20)22-17(21)14(15)19/h11-12H,2-10H2,1H3. The molecular weight excluding hydrogens is 322 g/mol. The van der Waals surface area contributed by atoms with Crippen LogP contribution in [0.5, 0.6) is 0 Å². The molecule has 0 radical (unpaired) electrons. The molecule has 2 saturated heterocycles. The second-order valence-corrected chi connectivity index (χ2v) is 6.96. The van der Waals surface area contributed by atoms with Crippen molar-refractivity contribution in [3.8, 4) is 0 Å². The highest BCUT2D eigenvalue weighted by Gasteiger charge is 2.30. The van der Waals surface area contributed by atoms with E-state index >= 15 is 0 Å². The number of hydrogen-bond donors (Lipinski definition) is 0. The molecule has 2 aliphatic rings. The van der Waals surface area contributed by atoms with Crippen LogP contribution in [-0.4, -0.2) is 42.1 Å². The lowest BCUT2D eigenvalue weighted by atomic mass is 9.94. The first-order valence-electron chi connectivity index (χ1n) is 8.66. The molecule has 0 aliphatic carbocycles. The molecule has 24 heavy (non-hydrogen) atoms. The van der Waals surface area contributed by atoms with Gasteiger partial charge in [-0.15, -0.1) is 0 Å². The topological polar surface area (TPSA) is 19.4 Å². The number of anilines is 1. The van der Waals surface area contributed by atoms with E-state index in [2.05, 4.69) is 16.8 Å². The third-order valence-electron chi connectivity index (χ3n) is 5.24. The molecule has 0 spiro atoms. The maximum absolute atomic E-state index is 14.0. The molecule has 0 saturated carbocycles. The van der Waals surface area contributed by atoms with Gasteiger partial charge in [0.05, 0.1) is 0 Å². The highest BCUT2D eigenvalue weighted by atomic mass is 19.2. The van der Waals surface area contributed by atoms with E-state index in [9.17, 15) is 17.6 Å². The Bertz CT molecular complexity index is 569.